The lowest BCUT2D eigenvalue weighted by Crippen LogP contribution is -2.33. The van der Waals surface area contributed by atoms with Crippen molar-refractivity contribution < 1.29 is 4.79 Å². The summed E-state index contributed by atoms with van der Waals surface area (Å²) in [6.45, 7) is 0. The molecule has 1 aromatic carbocycles. The Balaban J connectivity index is 1.72. The Bertz CT molecular complexity index is 1200. The maximum atomic E-state index is 12.8. The third kappa shape index (κ3) is 2.79. The maximum absolute atomic E-state index is 12.8. The molecule has 8 heteroatoms. The summed E-state index contributed by atoms with van der Waals surface area (Å²) in [5, 5.41) is 13.2. The number of rotatable bonds is 3. The molecule has 0 aliphatic carbocycles. The van der Waals surface area contributed by atoms with Crippen molar-refractivity contribution in [3.63, 3.8) is 0 Å². The molecule has 0 radical (unpaired) electrons. The molecule has 0 bridgehead atoms. The fourth-order valence-corrected chi connectivity index (χ4v) is 4.22. The predicted octanol–water partition coefficient (Wildman–Crippen LogP) is 3.44. The van der Waals surface area contributed by atoms with Gasteiger partial charge in [-0.1, -0.05) is 6.07 Å². The first kappa shape index (κ1) is 16.2. The van der Waals surface area contributed by atoms with Gasteiger partial charge in [0.2, 0.25) is 0 Å². The number of nitrogens with one attached hydrogen (secondary N) is 1. The molecule has 0 saturated carbocycles. The third-order valence-corrected chi connectivity index (χ3v) is 5.57. The van der Waals surface area contributed by atoms with E-state index in [2.05, 4.69) is 10.4 Å². The van der Waals surface area contributed by atoms with Crippen LogP contribution in [-0.2, 0) is 0 Å². The highest BCUT2D eigenvalue weighted by Gasteiger charge is 2.15. The Morgan fingerprint density at radius 3 is 2.69 bits per heavy atom. The van der Waals surface area contributed by atoms with E-state index >= 15 is 0 Å². The summed E-state index contributed by atoms with van der Waals surface area (Å²) in [6.07, 6.45) is 1.31. The van der Waals surface area contributed by atoms with E-state index < -0.39 is 5.91 Å². The minimum Gasteiger partial charge on any atom is -0.267 e. The number of thiophene rings is 2. The Labute approximate surface area is 155 Å². The quantitative estimate of drug-likeness (QED) is 0.591. The van der Waals surface area contributed by atoms with Gasteiger partial charge in [0.15, 0.2) is 0 Å². The highest BCUT2D eigenvalue weighted by atomic mass is 32.1. The second-order valence-corrected chi connectivity index (χ2v) is 7.16. The largest absolute Gasteiger partial charge is 0.281 e. The second-order valence-electron chi connectivity index (χ2n) is 5.36. The Morgan fingerprint density at radius 2 is 2.00 bits per heavy atom. The number of hydrogen-bond donors (Lipinski definition) is 1. The van der Waals surface area contributed by atoms with Crippen molar-refractivity contribution in [3.8, 4) is 16.5 Å². The highest BCUT2D eigenvalue weighted by Crippen LogP contribution is 2.33. The molecule has 0 atom stereocenters. The Kier molecular flexibility index (Phi) is 4.08. The molecule has 0 fully saturated rings. The number of nitriles is 1. The molecular formula is C18H10N4O2S2. The van der Waals surface area contributed by atoms with Gasteiger partial charge in [0.25, 0.3) is 11.5 Å². The molecule has 0 unspecified atom stereocenters. The first-order valence-electron chi connectivity index (χ1n) is 7.51. The van der Waals surface area contributed by atoms with Gasteiger partial charge >= 0.3 is 0 Å². The summed E-state index contributed by atoms with van der Waals surface area (Å²) < 4.78 is 1.09. The van der Waals surface area contributed by atoms with Gasteiger partial charge in [-0.2, -0.15) is 5.26 Å². The maximum Gasteiger partial charge on any atom is 0.281 e. The zero-order valence-electron chi connectivity index (χ0n) is 13.2. The average Bonchev–Trinajstić information content (AvgIpc) is 3.33. The normalized spacial score (nSPS) is 10.6. The molecule has 26 heavy (non-hydrogen) atoms. The molecule has 0 aliphatic heterocycles. The minimum absolute atomic E-state index is 0.332. The van der Waals surface area contributed by atoms with Crippen molar-refractivity contribution >= 4 is 38.8 Å². The van der Waals surface area contributed by atoms with Gasteiger partial charge in [-0.3, -0.25) is 15.0 Å². The lowest BCUT2D eigenvalue weighted by Gasteiger charge is -2.08. The fraction of sp³-hybridized carbons (Fsp3) is 0. The van der Waals surface area contributed by atoms with Crippen molar-refractivity contribution in [3.05, 3.63) is 75.0 Å². The topological polar surface area (TPSA) is 87.8 Å². The summed E-state index contributed by atoms with van der Waals surface area (Å²) in [7, 11) is 0. The summed E-state index contributed by atoms with van der Waals surface area (Å²) in [4.78, 5) is 31.1. The molecule has 0 aliphatic rings. The van der Waals surface area contributed by atoms with Crippen molar-refractivity contribution in [1.29, 1.82) is 5.26 Å². The average molecular weight is 378 g/mol. The van der Waals surface area contributed by atoms with E-state index in [-0.39, 0.29) is 5.56 Å². The monoisotopic (exact) mass is 378 g/mol. The van der Waals surface area contributed by atoms with Crippen LogP contribution in [0.1, 0.15) is 15.9 Å². The van der Waals surface area contributed by atoms with Gasteiger partial charge in [-0.25, -0.2) is 9.66 Å². The van der Waals surface area contributed by atoms with Crippen LogP contribution in [0.2, 0.25) is 0 Å². The molecule has 3 aromatic heterocycles. The van der Waals surface area contributed by atoms with Gasteiger partial charge in [-0.15, -0.1) is 22.7 Å². The number of carbonyl (C=O) groups is 1. The van der Waals surface area contributed by atoms with Crippen LogP contribution in [-0.4, -0.2) is 15.6 Å². The van der Waals surface area contributed by atoms with Crippen LogP contribution in [0.25, 0.3) is 20.7 Å². The number of amides is 1. The van der Waals surface area contributed by atoms with Gasteiger partial charge in [0.05, 0.1) is 17.0 Å². The van der Waals surface area contributed by atoms with Gasteiger partial charge in [0, 0.05) is 21.4 Å². The molecule has 4 rings (SSSR count). The van der Waals surface area contributed by atoms with Crippen molar-refractivity contribution in [2.75, 3.05) is 5.43 Å². The number of nitrogens with zero attached hydrogens (tertiary/aromatic N) is 3. The van der Waals surface area contributed by atoms with E-state index in [1.54, 1.807) is 23.5 Å². The first-order valence-corrected chi connectivity index (χ1v) is 9.27. The number of benzene rings is 1. The molecule has 0 saturated heterocycles. The molecular weight excluding hydrogens is 368 g/mol. The van der Waals surface area contributed by atoms with Crippen LogP contribution in [0.3, 0.4) is 0 Å². The molecule has 4 aromatic rings. The zero-order valence-corrected chi connectivity index (χ0v) is 14.8. The van der Waals surface area contributed by atoms with Crippen LogP contribution in [0.5, 0.6) is 0 Å². The minimum atomic E-state index is -0.453. The summed E-state index contributed by atoms with van der Waals surface area (Å²) in [5.74, 6) is -0.453. The number of hydrogen-bond acceptors (Lipinski definition) is 6. The first-order chi connectivity index (χ1) is 12.7. The highest BCUT2D eigenvalue weighted by molar-refractivity contribution is 7.18. The van der Waals surface area contributed by atoms with Gasteiger partial charge in [0.1, 0.15) is 11.2 Å². The zero-order chi connectivity index (χ0) is 18.1. The lowest BCUT2D eigenvalue weighted by molar-refractivity contribution is 0.101. The number of fused-ring (bicyclic) bond motifs is 1. The van der Waals surface area contributed by atoms with E-state index in [0.29, 0.717) is 21.3 Å². The lowest BCUT2D eigenvalue weighted by atomic mass is 10.1. The van der Waals surface area contributed by atoms with Gasteiger partial charge < -0.3 is 0 Å². The van der Waals surface area contributed by atoms with E-state index in [4.69, 9.17) is 5.26 Å². The fourth-order valence-electron chi connectivity index (χ4n) is 2.50. The van der Waals surface area contributed by atoms with Crippen LogP contribution in [0.4, 0.5) is 0 Å². The van der Waals surface area contributed by atoms with Crippen molar-refractivity contribution in [2.24, 2.45) is 0 Å². The van der Waals surface area contributed by atoms with Crippen LogP contribution < -0.4 is 11.0 Å². The molecule has 1 amide bonds. The Hall–Kier alpha value is -3.28. The molecule has 1 N–H and O–H groups in total. The summed E-state index contributed by atoms with van der Waals surface area (Å²) >= 11 is 2.93. The standard InChI is InChI=1S/C18H10N4O2S2/c19-8-11-3-5-12(6-4-11)16(23)21-22-10-20-17-15(18(22)24)13(9-26-17)14-2-1-7-25-14/h1-7,9-10H,(H,21,23). The molecule has 0 spiro atoms. The van der Waals surface area contributed by atoms with Crippen molar-refractivity contribution in [1.82, 2.24) is 9.66 Å². The number of carbonyl (C=O) groups excluding carboxylic acids is 1. The summed E-state index contributed by atoms with van der Waals surface area (Å²) in [5.41, 5.74) is 3.84. The van der Waals surface area contributed by atoms with Crippen molar-refractivity contribution in [2.45, 2.75) is 0 Å². The van der Waals surface area contributed by atoms with E-state index in [9.17, 15) is 9.59 Å². The van der Waals surface area contributed by atoms with E-state index in [0.717, 1.165) is 15.1 Å². The molecule has 126 valence electrons. The second kappa shape index (κ2) is 6.55. The number of aromatic nitrogens is 2. The van der Waals surface area contributed by atoms with Gasteiger partial charge in [-0.05, 0) is 35.7 Å². The molecule has 3 heterocycles. The van der Waals surface area contributed by atoms with Crippen LogP contribution in [0.15, 0.2) is 58.3 Å². The van der Waals surface area contributed by atoms with Crippen LogP contribution in [0, 0.1) is 11.3 Å². The third-order valence-electron chi connectivity index (χ3n) is 3.78. The smallest absolute Gasteiger partial charge is 0.267 e. The summed E-state index contributed by atoms with van der Waals surface area (Å²) in [6, 6.07) is 12.0. The SMILES string of the molecule is N#Cc1ccc(C(=O)Nn2cnc3scc(-c4cccs4)c3c2=O)cc1. The van der Waals surface area contributed by atoms with Crippen LogP contribution >= 0.6 is 22.7 Å². The Morgan fingerprint density at radius 1 is 1.19 bits per heavy atom. The van der Waals surface area contributed by atoms with E-state index in [1.165, 1.54) is 29.8 Å². The van der Waals surface area contributed by atoms with E-state index in [1.807, 2.05) is 29.0 Å². The molecule has 6 nitrogen and oxygen atoms in total. The predicted molar refractivity (Wildman–Crippen MR) is 102 cm³/mol.